The predicted octanol–water partition coefficient (Wildman–Crippen LogP) is 3.03. The number of para-hydroxylation sites is 1. The number of amides is 2. The van der Waals surface area contributed by atoms with Crippen LogP contribution < -0.4 is 10.9 Å². The second kappa shape index (κ2) is 8.13. The van der Waals surface area contributed by atoms with Crippen LogP contribution in [-0.4, -0.2) is 26.6 Å². The minimum absolute atomic E-state index is 0.0104. The highest BCUT2D eigenvalue weighted by Gasteiger charge is 2.18. The zero-order chi connectivity index (χ0) is 20.3. The van der Waals surface area contributed by atoms with Gasteiger partial charge in [0.05, 0.1) is 15.7 Å². The predicted molar refractivity (Wildman–Crippen MR) is 107 cm³/mol. The third kappa shape index (κ3) is 4.15. The van der Waals surface area contributed by atoms with Gasteiger partial charge in [0.15, 0.2) is 0 Å². The number of aromatic nitrogens is 1. The maximum atomic E-state index is 12.4. The Hall–Kier alpha value is -3.33. The molecule has 0 radical (unpaired) electrons. The van der Waals surface area contributed by atoms with Crippen molar-refractivity contribution in [2.24, 2.45) is 7.05 Å². The average Bonchev–Trinajstić information content (AvgIpc) is 3.03. The second-order valence-corrected chi connectivity index (χ2v) is 7.54. The molecular weight excluding hydrogens is 380 g/mol. The van der Waals surface area contributed by atoms with Gasteiger partial charge in [0.25, 0.3) is 17.5 Å². The summed E-state index contributed by atoms with van der Waals surface area (Å²) in [5, 5.41) is 11.0. The summed E-state index contributed by atoms with van der Waals surface area (Å²) in [6.45, 7) is 1.69. The molecule has 0 aliphatic carbocycles. The molecule has 8 nitrogen and oxygen atoms in total. The Kier molecular flexibility index (Phi) is 5.65. The number of nitrogens with one attached hydrogen (secondary N) is 2. The van der Waals surface area contributed by atoms with E-state index in [0.29, 0.717) is 10.5 Å². The van der Waals surface area contributed by atoms with Gasteiger partial charge in [0.1, 0.15) is 0 Å². The first-order valence-corrected chi connectivity index (χ1v) is 9.30. The second-order valence-electron chi connectivity index (χ2n) is 6.13. The van der Waals surface area contributed by atoms with Crippen molar-refractivity contribution in [2.75, 3.05) is 0 Å². The normalized spacial score (nSPS) is 11.8. The van der Waals surface area contributed by atoms with Gasteiger partial charge in [-0.25, -0.2) is 0 Å². The summed E-state index contributed by atoms with van der Waals surface area (Å²) in [5.41, 5.74) is 6.24. The van der Waals surface area contributed by atoms with Crippen molar-refractivity contribution in [1.29, 1.82) is 0 Å². The van der Waals surface area contributed by atoms with Crippen LogP contribution in [0.3, 0.4) is 0 Å². The summed E-state index contributed by atoms with van der Waals surface area (Å²) in [4.78, 5) is 35.6. The Morgan fingerprint density at radius 3 is 2.46 bits per heavy atom. The van der Waals surface area contributed by atoms with Crippen LogP contribution in [0.4, 0.5) is 5.69 Å². The summed E-state index contributed by atoms with van der Waals surface area (Å²) >= 11 is 1.24. The first kappa shape index (κ1) is 19.4. The average molecular weight is 398 g/mol. The van der Waals surface area contributed by atoms with Crippen molar-refractivity contribution in [3.8, 4) is 0 Å². The summed E-state index contributed by atoms with van der Waals surface area (Å²) in [6.07, 6.45) is 1.71. The van der Waals surface area contributed by atoms with Crippen molar-refractivity contribution in [3.05, 3.63) is 70.4 Å². The number of rotatable bonds is 5. The first-order valence-electron chi connectivity index (χ1n) is 8.42. The van der Waals surface area contributed by atoms with E-state index in [-0.39, 0.29) is 11.6 Å². The van der Waals surface area contributed by atoms with Gasteiger partial charge >= 0.3 is 0 Å². The van der Waals surface area contributed by atoms with Gasteiger partial charge < -0.3 is 4.57 Å². The zero-order valence-electron chi connectivity index (χ0n) is 15.2. The molecule has 3 rings (SSSR count). The van der Waals surface area contributed by atoms with Crippen LogP contribution in [0, 0.1) is 10.1 Å². The van der Waals surface area contributed by atoms with Crippen molar-refractivity contribution in [3.63, 3.8) is 0 Å². The number of hydrogen-bond acceptors (Lipinski definition) is 5. The van der Waals surface area contributed by atoms with Crippen LogP contribution in [0.1, 0.15) is 17.3 Å². The summed E-state index contributed by atoms with van der Waals surface area (Å²) in [7, 11) is 1.85. The molecule has 0 spiro atoms. The van der Waals surface area contributed by atoms with Crippen LogP contribution in [0.25, 0.3) is 10.9 Å². The quantitative estimate of drug-likeness (QED) is 0.390. The Labute approximate surface area is 165 Å². The number of fused-ring (bicyclic) bond motifs is 1. The minimum Gasteiger partial charge on any atom is -0.350 e. The molecule has 0 bridgehead atoms. The Balaban J connectivity index is 1.59. The van der Waals surface area contributed by atoms with E-state index < -0.39 is 16.1 Å². The number of nitrogens with zero attached hydrogens (tertiary/aromatic N) is 2. The van der Waals surface area contributed by atoms with E-state index >= 15 is 0 Å². The molecule has 28 heavy (non-hydrogen) atoms. The number of nitro benzene ring substituents is 1. The number of benzene rings is 2. The molecule has 0 fully saturated rings. The van der Waals surface area contributed by atoms with E-state index in [1.807, 2.05) is 35.9 Å². The fourth-order valence-corrected chi connectivity index (χ4v) is 3.58. The van der Waals surface area contributed by atoms with E-state index in [4.69, 9.17) is 0 Å². The van der Waals surface area contributed by atoms with E-state index in [1.165, 1.54) is 23.9 Å². The van der Waals surface area contributed by atoms with Crippen LogP contribution in [-0.2, 0) is 11.8 Å². The highest BCUT2D eigenvalue weighted by atomic mass is 32.2. The van der Waals surface area contributed by atoms with Gasteiger partial charge in [0.2, 0.25) is 0 Å². The smallest absolute Gasteiger partial charge is 0.271 e. The number of carbonyl (C=O) groups excluding carboxylic acids is 2. The Bertz CT molecular complexity index is 1050. The lowest BCUT2D eigenvalue weighted by Crippen LogP contribution is -2.44. The number of thioether (sulfide) groups is 1. The lowest BCUT2D eigenvalue weighted by Gasteiger charge is -2.12. The highest BCUT2D eigenvalue weighted by molar-refractivity contribution is 8.00. The number of hydrazine groups is 1. The number of carbonyl (C=O) groups is 2. The van der Waals surface area contributed by atoms with Crippen molar-refractivity contribution >= 4 is 40.2 Å². The number of nitro groups is 1. The number of hydrogen-bond donors (Lipinski definition) is 2. The molecule has 3 aromatic rings. The van der Waals surface area contributed by atoms with Crippen LogP contribution in [0.2, 0.25) is 0 Å². The maximum Gasteiger partial charge on any atom is 0.271 e. The molecule has 0 saturated heterocycles. The molecule has 0 aliphatic heterocycles. The van der Waals surface area contributed by atoms with Crippen LogP contribution in [0.15, 0.2) is 59.6 Å². The molecule has 2 N–H and O–H groups in total. The van der Waals surface area contributed by atoms with Gasteiger partial charge in [-0.05, 0) is 25.1 Å². The molecule has 1 atom stereocenters. The molecule has 1 heterocycles. The number of non-ortho nitro benzene ring substituents is 1. The SMILES string of the molecule is CC(Sc1ccc([N+](=O)[O-])cc1)C(=O)NNC(=O)c1cn(C)c2ccccc12. The Morgan fingerprint density at radius 1 is 1.11 bits per heavy atom. The monoisotopic (exact) mass is 398 g/mol. The topological polar surface area (TPSA) is 106 Å². The third-order valence-corrected chi connectivity index (χ3v) is 5.28. The van der Waals surface area contributed by atoms with E-state index in [9.17, 15) is 19.7 Å². The van der Waals surface area contributed by atoms with Gasteiger partial charge in [-0.2, -0.15) is 0 Å². The summed E-state index contributed by atoms with van der Waals surface area (Å²) in [6, 6.07) is 13.4. The molecule has 9 heteroatoms. The molecule has 144 valence electrons. The van der Waals surface area contributed by atoms with Crippen molar-refractivity contribution < 1.29 is 14.5 Å². The molecule has 1 unspecified atom stereocenters. The molecule has 0 aliphatic rings. The van der Waals surface area contributed by atoms with Crippen molar-refractivity contribution in [2.45, 2.75) is 17.1 Å². The lowest BCUT2D eigenvalue weighted by atomic mass is 10.2. The minimum atomic E-state index is -0.505. The van der Waals surface area contributed by atoms with Crippen LogP contribution in [0.5, 0.6) is 0 Å². The van der Waals surface area contributed by atoms with Gasteiger partial charge in [-0.1, -0.05) is 18.2 Å². The first-order chi connectivity index (χ1) is 13.4. The molecule has 2 aromatic carbocycles. The van der Waals surface area contributed by atoms with Crippen molar-refractivity contribution in [1.82, 2.24) is 15.4 Å². The lowest BCUT2D eigenvalue weighted by molar-refractivity contribution is -0.384. The third-order valence-electron chi connectivity index (χ3n) is 4.17. The highest BCUT2D eigenvalue weighted by Crippen LogP contribution is 2.25. The molecule has 1 aromatic heterocycles. The fourth-order valence-electron chi connectivity index (χ4n) is 2.71. The molecular formula is C19H18N4O4S. The standard InChI is InChI=1S/C19H18N4O4S/c1-12(28-14-9-7-13(8-10-14)23(26)27)18(24)20-21-19(25)16-11-22(2)17-6-4-3-5-15(16)17/h3-12H,1-2H3,(H,20,24)(H,21,25). The maximum absolute atomic E-state index is 12.4. The Morgan fingerprint density at radius 2 is 1.79 bits per heavy atom. The van der Waals surface area contributed by atoms with Gasteiger partial charge in [0, 0.05) is 41.2 Å². The van der Waals surface area contributed by atoms with Gasteiger partial charge in [-0.3, -0.25) is 30.6 Å². The van der Waals surface area contributed by atoms with E-state index in [1.54, 1.807) is 25.3 Å². The van der Waals surface area contributed by atoms with Gasteiger partial charge in [-0.15, -0.1) is 11.8 Å². The van der Waals surface area contributed by atoms with E-state index in [0.717, 1.165) is 10.9 Å². The number of aryl methyl sites for hydroxylation is 1. The summed E-state index contributed by atoms with van der Waals surface area (Å²) in [5.74, 6) is -0.783. The van der Waals surface area contributed by atoms with E-state index in [2.05, 4.69) is 10.9 Å². The fraction of sp³-hybridized carbons (Fsp3) is 0.158. The summed E-state index contributed by atoms with van der Waals surface area (Å²) < 4.78 is 1.85. The molecule has 2 amide bonds. The largest absolute Gasteiger partial charge is 0.350 e. The molecule has 0 saturated carbocycles. The van der Waals surface area contributed by atoms with Crippen LogP contribution >= 0.6 is 11.8 Å². The zero-order valence-corrected chi connectivity index (χ0v) is 16.0.